The van der Waals surface area contributed by atoms with Gasteiger partial charge in [0, 0.05) is 11.5 Å². The van der Waals surface area contributed by atoms with Gasteiger partial charge in [-0.2, -0.15) is 5.10 Å². The highest BCUT2D eigenvalue weighted by atomic mass is 79.9. The molecule has 38 heavy (non-hydrogen) atoms. The summed E-state index contributed by atoms with van der Waals surface area (Å²) in [6.07, 6.45) is 1.29. The van der Waals surface area contributed by atoms with Crippen LogP contribution in [0.15, 0.2) is 93.2 Å². The first-order chi connectivity index (χ1) is 18.3. The number of carbonyl (C=O) groups excluding carboxylic acids is 3. The molecule has 4 rings (SSSR count). The van der Waals surface area contributed by atoms with E-state index in [2.05, 4.69) is 31.8 Å². The highest BCUT2D eigenvalue weighted by Gasteiger charge is 2.21. The van der Waals surface area contributed by atoms with E-state index >= 15 is 0 Å². The monoisotopic (exact) mass is 575 g/mol. The number of benzene rings is 3. The van der Waals surface area contributed by atoms with Gasteiger partial charge in [-0.3, -0.25) is 19.1 Å². The molecule has 11 heteroatoms. The fraction of sp³-hybridized carbons (Fsp3) is 0.0741. The van der Waals surface area contributed by atoms with Gasteiger partial charge in [-0.15, -0.1) is 0 Å². The zero-order valence-corrected chi connectivity index (χ0v) is 21.9. The molecule has 0 aliphatic rings. The first-order valence-corrected chi connectivity index (χ1v) is 12.1. The lowest BCUT2D eigenvalue weighted by atomic mass is 10.2. The molecule has 0 bridgehead atoms. The third-order valence-corrected chi connectivity index (χ3v) is 6.23. The number of carbonyl (C=O) groups is 3. The lowest BCUT2D eigenvalue weighted by Crippen LogP contribution is -2.34. The van der Waals surface area contributed by atoms with Crippen molar-refractivity contribution >= 4 is 45.6 Å². The first kappa shape index (κ1) is 26.3. The van der Waals surface area contributed by atoms with E-state index < -0.39 is 23.3 Å². The number of nitrogens with one attached hydrogen (secondary N) is 2. The molecule has 3 aromatic carbocycles. The topological polar surface area (TPSA) is 124 Å². The van der Waals surface area contributed by atoms with E-state index in [0.29, 0.717) is 27.0 Å². The molecule has 10 nitrogen and oxygen atoms in total. The Bertz CT molecular complexity index is 1610. The van der Waals surface area contributed by atoms with E-state index in [1.54, 1.807) is 91.4 Å². The summed E-state index contributed by atoms with van der Waals surface area (Å²) in [5.74, 6) is -2.39. The summed E-state index contributed by atoms with van der Waals surface area (Å²) < 4.78 is 8.98. The number of hydrogen-bond acceptors (Lipinski definition) is 6. The van der Waals surface area contributed by atoms with Gasteiger partial charge in [-0.1, -0.05) is 42.5 Å². The molecule has 2 amide bonds. The van der Waals surface area contributed by atoms with E-state index in [1.807, 2.05) is 6.07 Å². The largest absolute Gasteiger partial charge is 0.423 e. The lowest BCUT2D eigenvalue weighted by molar-refractivity contribution is -0.136. The number of para-hydroxylation sites is 1. The minimum Gasteiger partial charge on any atom is -0.423 e. The molecular formula is C27H22BrN5O5. The van der Waals surface area contributed by atoms with E-state index in [4.69, 9.17) is 4.74 Å². The summed E-state index contributed by atoms with van der Waals surface area (Å²) in [4.78, 5) is 50.1. The summed E-state index contributed by atoms with van der Waals surface area (Å²) in [5.41, 5.74) is 3.59. The van der Waals surface area contributed by atoms with Gasteiger partial charge in [-0.05, 0) is 64.8 Å². The molecule has 1 aromatic heterocycles. The van der Waals surface area contributed by atoms with Gasteiger partial charge < -0.3 is 10.1 Å². The van der Waals surface area contributed by atoms with Crippen molar-refractivity contribution in [1.82, 2.24) is 14.8 Å². The van der Waals surface area contributed by atoms with Crippen LogP contribution in [0.3, 0.4) is 0 Å². The summed E-state index contributed by atoms with van der Waals surface area (Å²) in [6, 6.07) is 22.2. The number of esters is 1. The van der Waals surface area contributed by atoms with Crippen LogP contribution < -0.4 is 21.0 Å². The van der Waals surface area contributed by atoms with Gasteiger partial charge in [-0.25, -0.2) is 14.9 Å². The molecule has 0 fully saturated rings. The summed E-state index contributed by atoms with van der Waals surface area (Å²) in [5, 5.41) is 6.16. The lowest BCUT2D eigenvalue weighted by Gasteiger charge is -2.07. The van der Waals surface area contributed by atoms with Crippen LogP contribution in [0.25, 0.3) is 5.69 Å². The molecule has 0 atom stereocenters. The maximum atomic E-state index is 12.9. The Kier molecular flexibility index (Phi) is 7.97. The molecule has 1 heterocycles. The quantitative estimate of drug-likeness (QED) is 0.120. The van der Waals surface area contributed by atoms with Crippen molar-refractivity contribution in [3.63, 3.8) is 0 Å². The van der Waals surface area contributed by atoms with Gasteiger partial charge in [0.1, 0.15) is 11.4 Å². The van der Waals surface area contributed by atoms with Crippen LogP contribution in [0.2, 0.25) is 0 Å². The Morgan fingerprint density at radius 2 is 1.66 bits per heavy atom. The van der Waals surface area contributed by atoms with Gasteiger partial charge in [0.05, 0.1) is 23.2 Å². The SMILES string of the molecule is Cc1c(NC(=O)C(=O)N/N=C/c2cccc(OC(=O)c3ccccc3Br)c2)c(=O)n(-c2ccccc2)n1C. The van der Waals surface area contributed by atoms with Crippen LogP contribution in [0, 0.1) is 6.92 Å². The summed E-state index contributed by atoms with van der Waals surface area (Å²) in [6.45, 7) is 1.66. The minimum absolute atomic E-state index is 0.0138. The smallest absolute Gasteiger partial charge is 0.344 e. The van der Waals surface area contributed by atoms with Crippen molar-refractivity contribution in [2.24, 2.45) is 12.1 Å². The Labute approximate surface area is 225 Å². The zero-order valence-electron chi connectivity index (χ0n) is 20.3. The normalized spacial score (nSPS) is 10.8. The Morgan fingerprint density at radius 3 is 2.39 bits per heavy atom. The number of halogens is 1. The fourth-order valence-corrected chi connectivity index (χ4v) is 3.99. The van der Waals surface area contributed by atoms with Gasteiger partial charge in [0.25, 0.3) is 5.56 Å². The van der Waals surface area contributed by atoms with Crippen LogP contribution >= 0.6 is 15.9 Å². The number of amides is 2. The molecule has 0 spiro atoms. The molecule has 0 saturated carbocycles. The van der Waals surface area contributed by atoms with E-state index in [1.165, 1.54) is 10.9 Å². The molecule has 0 saturated heterocycles. The number of hydrogen-bond donors (Lipinski definition) is 2. The van der Waals surface area contributed by atoms with Gasteiger partial charge in [0.15, 0.2) is 0 Å². The first-order valence-electron chi connectivity index (χ1n) is 11.3. The van der Waals surface area contributed by atoms with Gasteiger partial charge >= 0.3 is 17.8 Å². The third-order valence-electron chi connectivity index (χ3n) is 5.54. The Hall–Kier alpha value is -4.77. The van der Waals surface area contributed by atoms with E-state index in [9.17, 15) is 19.2 Å². The third kappa shape index (κ3) is 5.79. The number of ether oxygens (including phenoxy) is 1. The number of anilines is 1. The standard InChI is InChI=1S/C27H22BrN5O5/c1-17-23(26(36)33(32(17)2)19-10-4-3-5-11-19)30-24(34)25(35)31-29-16-18-9-8-12-20(15-18)38-27(37)21-13-6-7-14-22(21)28/h3-16H,1-2H3,(H,30,34)(H,31,35)/b29-16+. The maximum absolute atomic E-state index is 12.9. The van der Waals surface area contributed by atoms with Crippen LogP contribution in [0.1, 0.15) is 21.6 Å². The van der Waals surface area contributed by atoms with E-state index in [-0.39, 0.29) is 11.4 Å². The predicted molar refractivity (Wildman–Crippen MR) is 146 cm³/mol. The zero-order chi connectivity index (χ0) is 27.2. The van der Waals surface area contributed by atoms with Crippen molar-refractivity contribution in [2.75, 3.05) is 5.32 Å². The molecule has 0 unspecified atom stereocenters. The number of aromatic nitrogens is 2. The molecule has 2 N–H and O–H groups in total. The molecular weight excluding hydrogens is 554 g/mol. The van der Waals surface area contributed by atoms with Crippen LogP contribution in [0.4, 0.5) is 5.69 Å². The van der Waals surface area contributed by atoms with Crippen molar-refractivity contribution in [3.05, 3.63) is 111 Å². The molecule has 0 aliphatic heterocycles. The number of rotatable bonds is 6. The second-order valence-corrected chi connectivity index (χ2v) is 8.89. The van der Waals surface area contributed by atoms with Crippen molar-refractivity contribution in [2.45, 2.75) is 6.92 Å². The Morgan fingerprint density at radius 1 is 0.947 bits per heavy atom. The highest BCUT2D eigenvalue weighted by molar-refractivity contribution is 9.10. The minimum atomic E-state index is -1.06. The molecule has 4 aromatic rings. The second kappa shape index (κ2) is 11.5. The van der Waals surface area contributed by atoms with Crippen molar-refractivity contribution in [1.29, 1.82) is 0 Å². The average Bonchev–Trinajstić information content (AvgIpc) is 3.12. The maximum Gasteiger partial charge on any atom is 0.344 e. The fourth-order valence-electron chi connectivity index (χ4n) is 3.55. The van der Waals surface area contributed by atoms with Crippen LogP contribution in [0.5, 0.6) is 5.75 Å². The van der Waals surface area contributed by atoms with Gasteiger partial charge in [0.2, 0.25) is 0 Å². The van der Waals surface area contributed by atoms with Crippen LogP contribution in [-0.4, -0.2) is 33.4 Å². The highest BCUT2D eigenvalue weighted by Crippen LogP contribution is 2.20. The molecule has 0 radical (unpaired) electrons. The Balaban J connectivity index is 1.39. The van der Waals surface area contributed by atoms with E-state index in [0.717, 1.165) is 0 Å². The van der Waals surface area contributed by atoms with Crippen LogP contribution in [-0.2, 0) is 16.6 Å². The second-order valence-electron chi connectivity index (χ2n) is 8.03. The number of nitrogens with zero attached hydrogens (tertiary/aromatic N) is 3. The average molecular weight is 576 g/mol. The van der Waals surface area contributed by atoms with Crippen molar-refractivity contribution < 1.29 is 19.1 Å². The predicted octanol–water partition coefficient (Wildman–Crippen LogP) is 3.55. The number of hydrazone groups is 1. The molecule has 0 aliphatic carbocycles. The summed E-state index contributed by atoms with van der Waals surface area (Å²) >= 11 is 3.31. The summed E-state index contributed by atoms with van der Waals surface area (Å²) in [7, 11) is 1.67. The van der Waals surface area contributed by atoms with Crippen molar-refractivity contribution in [3.8, 4) is 11.4 Å². The molecule has 192 valence electrons.